The van der Waals surface area contributed by atoms with Crippen LogP contribution in [0.2, 0.25) is 0 Å². The van der Waals surface area contributed by atoms with Crippen molar-refractivity contribution in [2.24, 2.45) is 17.8 Å². The zero-order valence-corrected chi connectivity index (χ0v) is 10.1. The molecule has 98 valence electrons. The van der Waals surface area contributed by atoms with E-state index in [-0.39, 0.29) is 5.69 Å². The van der Waals surface area contributed by atoms with Gasteiger partial charge in [-0.2, -0.15) is 0 Å². The van der Waals surface area contributed by atoms with Crippen LogP contribution in [0.5, 0.6) is 0 Å². The third kappa shape index (κ3) is 2.08. The summed E-state index contributed by atoms with van der Waals surface area (Å²) in [5.74, 6) is -0.816. The third-order valence-corrected chi connectivity index (χ3v) is 4.43. The molecular formula is C14H16F3N. The molecule has 2 saturated carbocycles. The van der Waals surface area contributed by atoms with E-state index in [1.54, 1.807) is 0 Å². The lowest BCUT2D eigenvalue weighted by molar-refractivity contribution is 0.348. The van der Waals surface area contributed by atoms with Gasteiger partial charge in [0, 0.05) is 18.7 Å². The van der Waals surface area contributed by atoms with E-state index in [0.717, 1.165) is 18.4 Å². The number of hydrogen-bond acceptors (Lipinski definition) is 1. The van der Waals surface area contributed by atoms with Gasteiger partial charge in [-0.3, -0.25) is 0 Å². The molecule has 1 nitrogen and oxygen atoms in total. The molecule has 0 aromatic heterocycles. The zero-order chi connectivity index (χ0) is 12.7. The Hall–Kier alpha value is -1.19. The van der Waals surface area contributed by atoms with E-state index >= 15 is 0 Å². The number of benzene rings is 1. The largest absolute Gasteiger partial charge is 0.382 e. The van der Waals surface area contributed by atoms with Gasteiger partial charge in [0.15, 0.2) is 11.6 Å². The average molecular weight is 255 g/mol. The van der Waals surface area contributed by atoms with Gasteiger partial charge in [-0.1, -0.05) is 6.42 Å². The third-order valence-electron chi connectivity index (χ3n) is 4.43. The van der Waals surface area contributed by atoms with Crippen LogP contribution in [0, 0.1) is 35.2 Å². The minimum Gasteiger partial charge on any atom is -0.382 e. The van der Waals surface area contributed by atoms with Crippen LogP contribution in [0.3, 0.4) is 0 Å². The monoisotopic (exact) mass is 255 g/mol. The van der Waals surface area contributed by atoms with Crippen molar-refractivity contribution < 1.29 is 13.2 Å². The number of rotatable bonds is 3. The fourth-order valence-corrected chi connectivity index (χ4v) is 3.55. The van der Waals surface area contributed by atoms with Crippen molar-refractivity contribution in [3.8, 4) is 0 Å². The Labute approximate surface area is 104 Å². The summed E-state index contributed by atoms with van der Waals surface area (Å²) in [4.78, 5) is 0. The molecule has 2 fully saturated rings. The van der Waals surface area contributed by atoms with Gasteiger partial charge in [-0.15, -0.1) is 0 Å². The minimum atomic E-state index is -1.13. The highest BCUT2D eigenvalue weighted by atomic mass is 19.2. The van der Waals surface area contributed by atoms with Crippen LogP contribution in [0.4, 0.5) is 18.9 Å². The number of halogens is 3. The molecule has 3 rings (SSSR count). The average Bonchev–Trinajstić information content (AvgIpc) is 2.93. The lowest BCUT2D eigenvalue weighted by Gasteiger charge is -2.22. The molecule has 0 radical (unpaired) electrons. The maximum atomic E-state index is 13.4. The molecule has 1 aromatic carbocycles. The van der Waals surface area contributed by atoms with Gasteiger partial charge in [0.05, 0.1) is 5.69 Å². The molecule has 18 heavy (non-hydrogen) atoms. The highest BCUT2D eigenvalue weighted by Gasteiger charge is 2.39. The van der Waals surface area contributed by atoms with E-state index in [1.165, 1.54) is 19.3 Å². The van der Waals surface area contributed by atoms with Gasteiger partial charge in [-0.25, -0.2) is 13.2 Å². The smallest absolute Gasteiger partial charge is 0.182 e. The van der Waals surface area contributed by atoms with Gasteiger partial charge in [0.2, 0.25) is 0 Å². The van der Waals surface area contributed by atoms with Crippen LogP contribution in [0.1, 0.15) is 25.7 Å². The second kappa shape index (κ2) is 4.48. The second-order valence-electron chi connectivity index (χ2n) is 5.56. The first kappa shape index (κ1) is 11.9. The minimum absolute atomic E-state index is 0.0599. The van der Waals surface area contributed by atoms with Crippen molar-refractivity contribution in [1.29, 1.82) is 0 Å². The Bertz CT molecular complexity index is 461. The van der Waals surface area contributed by atoms with E-state index in [9.17, 15) is 13.2 Å². The van der Waals surface area contributed by atoms with Crippen molar-refractivity contribution in [2.45, 2.75) is 25.7 Å². The molecule has 2 aliphatic rings. The van der Waals surface area contributed by atoms with E-state index in [0.29, 0.717) is 24.4 Å². The Morgan fingerprint density at radius 3 is 2.61 bits per heavy atom. The quantitative estimate of drug-likeness (QED) is 0.806. The zero-order valence-electron chi connectivity index (χ0n) is 10.1. The van der Waals surface area contributed by atoms with Gasteiger partial charge in [0.25, 0.3) is 0 Å². The molecular weight excluding hydrogens is 239 g/mol. The molecule has 3 unspecified atom stereocenters. The summed E-state index contributed by atoms with van der Waals surface area (Å²) in [5.41, 5.74) is -0.0599. The Morgan fingerprint density at radius 2 is 1.94 bits per heavy atom. The molecule has 0 saturated heterocycles. The second-order valence-corrected chi connectivity index (χ2v) is 5.56. The molecule has 1 aromatic rings. The molecule has 1 N–H and O–H groups in total. The summed E-state index contributed by atoms with van der Waals surface area (Å²) in [6.45, 7) is 0.612. The van der Waals surface area contributed by atoms with Gasteiger partial charge in [-0.05, 0) is 37.0 Å². The molecule has 0 aliphatic heterocycles. The molecule has 0 heterocycles. The molecule has 2 aliphatic carbocycles. The number of hydrogen-bond donors (Lipinski definition) is 1. The van der Waals surface area contributed by atoms with E-state index < -0.39 is 17.5 Å². The summed E-state index contributed by atoms with van der Waals surface area (Å²) in [5, 5.41) is 2.87. The standard InChI is InChI=1S/C14H16F3N/c15-11-5-12(16)14(17)13(6-11)18-7-10-4-8-1-2-9(10)3-8/h5-6,8-10,18H,1-4,7H2. The van der Waals surface area contributed by atoms with Crippen molar-refractivity contribution in [3.63, 3.8) is 0 Å². The maximum Gasteiger partial charge on any atom is 0.182 e. The summed E-state index contributed by atoms with van der Waals surface area (Å²) >= 11 is 0. The van der Waals surface area contributed by atoms with Gasteiger partial charge in [0.1, 0.15) is 5.82 Å². The molecule has 0 amide bonds. The molecule has 3 atom stereocenters. The van der Waals surface area contributed by atoms with E-state index in [4.69, 9.17) is 0 Å². The fourth-order valence-electron chi connectivity index (χ4n) is 3.55. The van der Waals surface area contributed by atoms with Gasteiger partial charge < -0.3 is 5.32 Å². The van der Waals surface area contributed by atoms with E-state index in [2.05, 4.69) is 5.32 Å². The first-order valence-corrected chi connectivity index (χ1v) is 6.52. The maximum absolute atomic E-state index is 13.4. The number of anilines is 1. The van der Waals surface area contributed by atoms with Crippen molar-refractivity contribution in [3.05, 3.63) is 29.6 Å². The van der Waals surface area contributed by atoms with Crippen LogP contribution in [0.25, 0.3) is 0 Å². The van der Waals surface area contributed by atoms with Crippen LogP contribution in [0.15, 0.2) is 12.1 Å². The van der Waals surface area contributed by atoms with Crippen LogP contribution >= 0.6 is 0 Å². The lowest BCUT2D eigenvalue weighted by Crippen LogP contribution is -2.20. The number of nitrogens with one attached hydrogen (secondary N) is 1. The topological polar surface area (TPSA) is 12.0 Å². The highest BCUT2D eigenvalue weighted by Crippen LogP contribution is 2.48. The number of fused-ring (bicyclic) bond motifs is 2. The molecule has 4 heteroatoms. The lowest BCUT2D eigenvalue weighted by atomic mass is 9.89. The summed E-state index contributed by atoms with van der Waals surface area (Å²) in [6, 6.07) is 1.59. The predicted molar refractivity (Wildman–Crippen MR) is 63.7 cm³/mol. The van der Waals surface area contributed by atoms with Crippen molar-refractivity contribution in [1.82, 2.24) is 0 Å². The molecule has 2 bridgehead atoms. The van der Waals surface area contributed by atoms with Gasteiger partial charge >= 0.3 is 0 Å². The summed E-state index contributed by atoms with van der Waals surface area (Å²) in [6.07, 6.45) is 4.99. The normalized spacial score (nSPS) is 29.8. The highest BCUT2D eigenvalue weighted by molar-refractivity contribution is 5.45. The molecule has 0 spiro atoms. The Balaban J connectivity index is 1.66. The Morgan fingerprint density at radius 1 is 1.11 bits per heavy atom. The van der Waals surface area contributed by atoms with Crippen LogP contribution in [-0.4, -0.2) is 6.54 Å². The summed E-state index contributed by atoms with van der Waals surface area (Å²) < 4.78 is 39.5. The van der Waals surface area contributed by atoms with Crippen molar-refractivity contribution >= 4 is 5.69 Å². The van der Waals surface area contributed by atoms with Crippen LogP contribution in [-0.2, 0) is 0 Å². The van der Waals surface area contributed by atoms with Crippen LogP contribution < -0.4 is 5.32 Å². The van der Waals surface area contributed by atoms with E-state index in [1.807, 2.05) is 0 Å². The Kier molecular flexibility index (Phi) is 2.96. The first-order valence-electron chi connectivity index (χ1n) is 6.52. The summed E-state index contributed by atoms with van der Waals surface area (Å²) in [7, 11) is 0. The first-order chi connectivity index (χ1) is 8.63. The van der Waals surface area contributed by atoms with Crippen molar-refractivity contribution in [2.75, 3.05) is 11.9 Å². The predicted octanol–water partition coefficient (Wildman–Crippen LogP) is 3.95. The fraction of sp³-hybridized carbons (Fsp3) is 0.571. The SMILES string of the molecule is Fc1cc(F)c(F)c(NCC2CC3CCC2C3)c1.